The van der Waals surface area contributed by atoms with Crippen molar-refractivity contribution in [1.29, 1.82) is 0 Å². The molecule has 1 aliphatic rings. The van der Waals surface area contributed by atoms with E-state index in [2.05, 4.69) is 49.4 Å². The highest BCUT2D eigenvalue weighted by Gasteiger charge is 2.29. The Bertz CT molecular complexity index is 401. The van der Waals surface area contributed by atoms with E-state index in [1.165, 1.54) is 19.4 Å². The lowest BCUT2D eigenvalue weighted by Gasteiger charge is -2.42. The molecule has 0 amide bonds. The van der Waals surface area contributed by atoms with Crippen molar-refractivity contribution in [3.8, 4) is 0 Å². The lowest BCUT2D eigenvalue weighted by molar-refractivity contribution is 0.100. The van der Waals surface area contributed by atoms with Crippen LogP contribution in [0.1, 0.15) is 51.0 Å². The molecule has 3 unspecified atom stereocenters. The zero-order chi connectivity index (χ0) is 14.5. The molecule has 0 saturated carbocycles. The Morgan fingerprint density at radius 1 is 1.40 bits per heavy atom. The van der Waals surface area contributed by atoms with Crippen molar-refractivity contribution in [3.05, 3.63) is 21.9 Å². The summed E-state index contributed by atoms with van der Waals surface area (Å²) in [5.41, 5.74) is 1.54. The molecule has 20 heavy (non-hydrogen) atoms. The molecule has 1 fully saturated rings. The van der Waals surface area contributed by atoms with Gasteiger partial charge in [-0.25, -0.2) is 0 Å². The summed E-state index contributed by atoms with van der Waals surface area (Å²) >= 11 is 1.93. The molecular weight excluding hydrogens is 264 g/mol. The van der Waals surface area contributed by atoms with Gasteiger partial charge in [-0.1, -0.05) is 34.1 Å². The van der Waals surface area contributed by atoms with Crippen LogP contribution in [0.5, 0.6) is 0 Å². The quantitative estimate of drug-likeness (QED) is 0.856. The lowest BCUT2D eigenvalue weighted by atomic mass is 9.94. The van der Waals surface area contributed by atoms with E-state index in [-0.39, 0.29) is 0 Å². The molecule has 0 radical (unpaired) electrons. The molecule has 2 heterocycles. The zero-order valence-electron chi connectivity index (χ0n) is 13.5. The van der Waals surface area contributed by atoms with E-state index in [1.807, 2.05) is 11.3 Å². The molecule has 2 nitrogen and oxygen atoms in total. The summed E-state index contributed by atoms with van der Waals surface area (Å²) in [5.74, 6) is 0.768. The normalized spacial score (nSPS) is 25.8. The van der Waals surface area contributed by atoms with Crippen molar-refractivity contribution in [2.24, 2.45) is 5.92 Å². The van der Waals surface area contributed by atoms with Gasteiger partial charge in [-0.05, 0) is 35.8 Å². The molecule has 3 heteroatoms. The first-order valence-electron chi connectivity index (χ1n) is 8.22. The van der Waals surface area contributed by atoms with E-state index < -0.39 is 0 Å². The van der Waals surface area contributed by atoms with Gasteiger partial charge in [0.25, 0.3) is 0 Å². The van der Waals surface area contributed by atoms with Gasteiger partial charge in [0.05, 0.1) is 0 Å². The first kappa shape index (κ1) is 16.0. The first-order chi connectivity index (χ1) is 9.69. The van der Waals surface area contributed by atoms with Crippen LogP contribution in [-0.4, -0.2) is 30.1 Å². The summed E-state index contributed by atoms with van der Waals surface area (Å²) in [6.45, 7) is 12.8. The molecule has 0 aliphatic carbocycles. The Kier molecular flexibility index (Phi) is 6.06. The van der Waals surface area contributed by atoms with E-state index in [0.29, 0.717) is 12.1 Å². The van der Waals surface area contributed by atoms with Gasteiger partial charge in [0.2, 0.25) is 0 Å². The Morgan fingerprint density at radius 2 is 2.20 bits per heavy atom. The van der Waals surface area contributed by atoms with Gasteiger partial charge in [-0.2, -0.15) is 0 Å². The smallest absolute Gasteiger partial charge is 0.0334 e. The predicted molar refractivity (Wildman–Crippen MR) is 89.4 cm³/mol. The van der Waals surface area contributed by atoms with Gasteiger partial charge in [0.1, 0.15) is 0 Å². The lowest BCUT2D eigenvalue weighted by Crippen LogP contribution is -2.57. The van der Waals surface area contributed by atoms with Gasteiger partial charge in [-0.15, -0.1) is 11.3 Å². The van der Waals surface area contributed by atoms with Gasteiger partial charge < -0.3 is 5.32 Å². The number of aryl methyl sites for hydroxylation is 1. The maximum atomic E-state index is 3.77. The van der Waals surface area contributed by atoms with Crippen LogP contribution in [0.15, 0.2) is 11.4 Å². The van der Waals surface area contributed by atoms with Crippen LogP contribution >= 0.6 is 11.3 Å². The van der Waals surface area contributed by atoms with Crippen molar-refractivity contribution in [3.63, 3.8) is 0 Å². The Hall–Kier alpha value is -0.380. The standard InChI is InChI=1S/C17H30N2S/c1-5-13(4)16-11-19(15(7-3)10-18-16)12-17-14(6-2)8-9-20-17/h8-9,13,15-16,18H,5-7,10-12H2,1-4H3. The maximum absolute atomic E-state index is 3.77. The van der Waals surface area contributed by atoms with E-state index in [1.54, 1.807) is 10.4 Å². The van der Waals surface area contributed by atoms with Crippen molar-refractivity contribution < 1.29 is 0 Å². The highest BCUT2D eigenvalue weighted by atomic mass is 32.1. The fraction of sp³-hybridized carbons (Fsp3) is 0.765. The number of hydrogen-bond acceptors (Lipinski definition) is 3. The van der Waals surface area contributed by atoms with Crippen molar-refractivity contribution in [2.45, 2.75) is 65.6 Å². The third-order valence-corrected chi connectivity index (χ3v) is 5.88. The zero-order valence-corrected chi connectivity index (χ0v) is 14.3. The third-order valence-electron chi connectivity index (χ3n) is 4.93. The van der Waals surface area contributed by atoms with Crippen molar-refractivity contribution in [1.82, 2.24) is 10.2 Å². The molecule has 1 aliphatic heterocycles. The molecule has 0 bridgehead atoms. The minimum absolute atomic E-state index is 0.660. The van der Waals surface area contributed by atoms with E-state index in [4.69, 9.17) is 0 Å². The highest BCUT2D eigenvalue weighted by Crippen LogP contribution is 2.24. The summed E-state index contributed by atoms with van der Waals surface area (Å²) < 4.78 is 0. The molecule has 2 rings (SSSR count). The molecule has 1 N–H and O–H groups in total. The average Bonchev–Trinajstić information content (AvgIpc) is 2.93. The van der Waals surface area contributed by atoms with Gasteiger partial charge in [0.15, 0.2) is 0 Å². The average molecular weight is 295 g/mol. The summed E-state index contributed by atoms with van der Waals surface area (Å²) in [6.07, 6.45) is 3.67. The van der Waals surface area contributed by atoms with E-state index >= 15 is 0 Å². The van der Waals surface area contributed by atoms with E-state index in [9.17, 15) is 0 Å². The molecule has 114 valence electrons. The van der Waals surface area contributed by atoms with Gasteiger partial charge in [0, 0.05) is 36.6 Å². The van der Waals surface area contributed by atoms with Crippen LogP contribution < -0.4 is 5.32 Å². The number of nitrogens with one attached hydrogen (secondary N) is 1. The molecule has 3 atom stereocenters. The third kappa shape index (κ3) is 3.63. The molecule has 1 saturated heterocycles. The second kappa shape index (κ2) is 7.58. The maximum Gasteiger partial charge on any atom is 0.0334 e. The molecule has 0 aromatic carbocycles. The van der Waals surface area contributed by atoms with Crippen LogP contribution in [0, 0.1) is 5.92 Å². The number of rotatable bonds is 6. The molecular formula is C17H30N2S. The highest BCUT2D eigenvalue weighted by molar-refractivity contribution is 7.10. The minimum Gasteiger partial charge on any atom is -0.311 e. The molecule has 1 aromatic rings. The summed E-state index contributed by atoms with van der Waals surface area (Å²) in [5, 5.41) is 6.02. The van der Waals surface area contributed by atoms with Crippen LogP contribution in [-0.2, 0) is 13.0 Å². The van der Waals surface area contributed by atoms with Gasteiger partial charge >= 0.3 is 0 Å². The van der Waals surface area contributed by atoms with Crippen LogP contribution in [0.25, 0.3) is 0 Å². The number of piperazine rings is 1. The Balaban J connectivity index is 2.05. The molecule has 1 aromatic heterocycles. The fourth-order valence-corrected chi connectivity index (χ4v) is 4.15. The monoisotopic (exact) mass is 294 g/mol. The predicted octanol–water partition coefficient (Wildman–Crippen LogP) is 3.91. The SMILES string of the molecule is CCc1ccsc1CN1CC(C(C)CC)NCC1CC. The van der Waals surface area contributed by atoms with Crippen LogP contribution in [0.3, 0.4) is 0 Å². The topological polar surface area (TPSA) is 15.3 Å². The van der Waals surface area contributed by atoms with E-state index in [0.717, 1.165) is 25.4 Å². The number of thiophene rings is 1. The minimum atomic E-state index is 0.660. The summed E-state index contributed by atoms with van der Waals surface area (Å²) in [7, 11) is 0. The second-order valence-electron chi connectivity index (χ2n) is 6.11. The summed E-state index contributed by atoms with van der Waals surface area (Å²) in [6, 6.07) is 3.66. The summed E-state index contributed by atoms with van der Waals surface area (Å²) in [4.78, 5) is 4.30. The Morgan fingerprint density at radius 3 is 2.85 bits per heavy atom. The fourth-order valence-electron chi connectivity index (χ4n) is 3.15. The second-order valence-corrected chi connectivity index (χ2v) is 7.12. The number of hydrogen-bond donors (Lipinski definition) is 1. The van der Waals surface area contributed by atoms with Gasteiger partial charge in [-0.3, -0.25) is 4.90 Å². The van der Waals surface area contributed by atoms with Crippen LogP contribution in [0.4, 0.5) is 0 Å². The molecule has 0 spiro atoms. The first-order valence-corrected chi connectivity index (χ1v) is 9.10. The van der Waals surface area contributed by atoms with Crippen molar-refractivity contribution in [2.75, 3.05) is 13.1 Å². The number of nitrogens with zero attached hydrogens (tertiary/aromatic N) is 1. The van der Waals surface area contributed by atoms with Crippen molar-refractivity contribution >= 4 is 11.3 Å². The Labute approximate surface area is 128 Å². The van der Waals surface area contributed by atoms with Crippen LogP contribution in [0.2, 0.25) is 0 Å². The largest absolute Gasteiger partial charge is 0.311 e.